The fourth-order valence-electron chi connectivity index (χ4n) is 1.30. The summed E-state index contributed by atoms with van der Waals surface area (Å²) in [6, 6.07) is 2.01. The molecule has 0 aliphatic rings. The molecule has 0 aromatic heterocycles. The lowest BCUT2D eigenvalue weighted by Crippen LogP contribution is -2.17. The molecule has 0 fully saturated rings. The second-order valence-corrected chi connectivity index (χ2v) is 11.2. The fraction of sp³-hybridized carbons (Fsp3) is 0.636. The van der Waals surface area contributed by atoms with Crippen LogP contribution in [0.5, 0.6) is 0 Å². The normalized spacial score (nSPS) is 11.3. The van der Waals surface area contributed by atoms with Crippen LogP contribution in [0.3, 0.4) is 0 Å². The SMILES string of the molecule is C=CCCCC[Si](Cl)(Cl)CCCC=C. The summed E-state index contributed by atoms with van der Waals surface area (Å²) in [5, 5.41) is 0. The molecule has 0 unspecified atom stereocenters. The van der Waals surface area contributed by atoms with Crippen molar-refractivity contribution in [3.63, 3.8) is 0 Å². The smallest absolute Gasteiger partial charge is 0.146 e. The van der Waals surface area contributed by atoms with Crippen molar-refractivity contribution < 1.29 is 0 Å². The first-order valence-corrected chi connectivity index (χ1v) is 9.66. The maximum Gasteiger partial charge on any atom is 0.251 e. The molecule has 0 bridgehead atoms. The maximum atomic E-state index is 6.30. The molecule has 3 heteroatoms. The summed E-state index contributed by atoms with van der Waals surface area (Å²) >= 11 is 12.6. The summed E-state index contributed by atoms with van der Waals surface area (Å²) in [7, 11) is 0. The van der Waals surface area contributed by atoms with Gasteiger partial charge in [0.05, 0.1) is 0 Å². The lowest BCUT2D eigenvalue weighted by atomic mass is 10.2. The van der Waals surface area contributed by atoms with Crippen LogP contribution in [-0.2, 0) is 0 Å². The molecule has 0 nitrogen and oxygen atoms in total. The Hall–Kier alpha value is 0.277. The molecule has 0 aliphatic carbocycles. The molecule has 0 spiro atoms. The van der Waals surface area contributed by atoms with E-state index in [0.29, 0.717) is 0 Å². The van der Waals surface area contributed by atoms with Crippen LogP contribution in [0.2, 0.25) is 12.1 Å². The van der Waals surface area contributed by atoms with Gasteiger partial charge < -0.3 is 0 Å². The second kappa shape index (κ2) is 8.57. The molecule has 82 valence electrons. The Balaban J connectivity index is 3.49. The lowest BCUT2D eigenvalue weighted by molar-refractivity contribution is 0.804. The number of hydrogen-bond acceptors (Lipinski definition) is 0. The maximum absolute atomic E-state index is 6.30. The summed E-state index contributed by atoms with van der Waals surface area (Å²) in [6.45, 7) is 5.45. The second-order valence-electron chi connectivity index (χ2n) is 3.57. The average molecular weight is 251 g/mol. The van der Waals surface area contributed by atoms with E-state index in [0.717, 1.165) is 37.8 Å². The van der Waals surface area contributed by atoms with Crippen molar-refractivity contribution in [2.75, 3.05) is 0 Å². The highest BCUT2D eigenvalue weighted by Gasteiger charge is 2.26. The molecule has 0 saturated carbocycles. The molecule has 0 heterocycles. The molecular formula is C11H20Cl2Si. The van der Waals surface area contributed by atoms with E-state index in [9.17, 15) is 0 Å². The zero-order valence-corrected chi connectivity index (χ0v) is 11.3. The number of halogens is 2. The molecule has 0 rings (SSSR count). The van der Waals surface area contributed by atoms with Crippen molar-refractivity contribution in [2.45, 2.75) is 44.2 Å². The number of unbranched alkanes of at least 4 members (excludes halogenated alkanes) is 3. The van der Waals surface area contributed by atoms with Gasteiger partial charge in [-0.3, -0.25) is 0 Å². The first-order valence-electron chi connectivity index (χ1n) is 5.22. The Morgan fingerprint density at radius 2 is 1.36 bits per heavy atom. The summed E-state index contributed by atoms with van der Waals surface area (Å²) < 4.78 is 0. The van der Waals surface area contributed by atoms with Gasteiger partial charge in [0, 0.05) is 0 Å². The van der Waals surface area contributed by atoms with Gasteiger partial charge in [-0.15, -0.1) is 35.3 Å². The van der Waals surface area contributed by atoms with Crippen LogP contribution in [0.4, 0.5) is 0 Å². The summed E-state index contributed by atoms with van der Waals surface area (Å²) in [6.07, 6.45) is 9.37. The van der Waals surface area contributed by atoms with E-state index in [1.165, 1.54) is 6.42 Å². The van der Waals surface area contributed by atoms with Crippen LogP contribution < -0.4 is 0 Å². The highest BCUT2D eigenvalue weighted by Crippen LogP contribution is 2.29. The molecule has 0 radical (unpaired) electrons. The monoisotopic (exact) mass is 250 g/mol. The third-order valence-corrected chi connectivity index (χ3v) is 6.59. The van der Waals surface area contributed by atoms with Crippen molar-refractivity contribution in [3.05, 3.63) is 25.3 Å². The van der Waals surface area contributed by atoms with Gasteiger partial charge in [0.2, 0.25) is 0 Å². The minimum atomic E-state index is -1.93. The molecule has 0 saturated heterocycles. The van der Waals surface area contributed by atoms with Crippen molar-refractivity contribution in [2.24, 2.45) is 0 Å². The van der Waals surface area contributed by atoms with Gasteiger partial charge in [-0.2, -0.15) is 0 Å². The molecule has 0 aromatic rings. The van der Waals surface area contributed by atoms with Crippen LogP contribution in [0.25, 0.3) is 0 Å². The molecule has 0 aliphatic heterocycles. The number of rotatable bonds is 9. The Kier molecular flexibility index (Phi) is 8.74. The van der Waals surface area contributed by atoms with Crippen LogP contribution in [0, 0.1) is 0 Å². The first kappa shape index (κ1) is 14.3. The number of allylic oxidation sites excluding steroid dienone is 2. The van der Waals surface area contributed by atoms with E-state index in [-0.39, 0.29) is 0 Å². The minimum absolute atomic E-state index is 0.996. The predicted octanol–water partition coefficient (Wildman–Crippen LogP) is 5.23. The topological polar surface area (TPSA) is 0 Å². The quantitative estimate of drug-likeness (QED) is 0.228. The molecule has 14 heavy (non-hydrogen) atoms. The molecule has 0 N–H and O–H groups in total. The lowest BCUT2D eigenvalue weighted by Gasteiger charge is -2.15. The highest BCUT2D eigenvalue weighted by atomic mass is 35.7. The van der Waals surface area contributed by atoms with Crippen molar-refractivity contribution in [3.8, 4) is 0 Å². The van der Waals surface area contributed by atoms with Crippen LogP contribution in [0.15, 0.2) is 25.3 Å². The molecule has 0 aromatic carbocycles. The first-order chi connectivity index (χ1) is 6.62. The minimum Gasteiger partial charge on any atom is -0.146 e. The highest BCUT2D eigenvalue weighted by molar-refractivity contribution is 7.45. The molecular weight excluding hydrogens is 231 g/mol. The fourth-order valence-corrected chi connectivity index (χ4v) is 4.64. The van der Waals surface area contributed by atoms with Gasteiger partial charge in [-0.1, -0.05) is 25.0 Å². The molecule has 0 amide bonds. The van der Waals surface area contributed by atoms with Crippen molar-refractivity contribution in [1.82, 2.24) is 0 Å². The summed E-state index contributed by atoms with van der Waals surface area (Å²) in [5.74, 6) is 0. The van der Waals surface area contributed by atoms with Gasteiger partial charge in [0.1, 0.15) is 0 Å². The number of hydrogen-bond donors (Lipinski definition) is 0. The zero-order valence-electron chi connectivity index (χ0n) is 8.77. The third-order valence-electron chi connectivity index (χ3n) is 2.15. The third kappa shape index (κ3) is 8.86. The van der Waals surface area contributed by atoms with Crippen LogP contribution in [-0.4, -0.2) is 6.69 Å². The summed E-state index contributed by atoms with van der Waals surface area (Å²) in [5.41, 5.74) is 0. The largest absolute Gasteiger partial charge is 0.251 e. The Morgan fingerprint density at radius 3 is 1.93 bits per heavy atom. The standard InChI is InChI=1S/C11H20Cl2Si/c1-3-5-7-9-11-14(12,13)10-8-6-4-2/h3-4H,1-2,5-11H2. The van der Waals surface area contributed by atoms with Gasteiger partial charge in [-0.05, 0) is 31.4 Å². The Bertz CT molecular complexity index is 167. The van der Waals surface area contributed by atoms with Gasteiger partial charge >= 0.3 is 0 Å². The van der Waals surface area contributed by atoms with E-state index in [4.69, 9.17) is 22.2 Å². The average Bonchev–Trinajstić information content (AvgIpc) is 2.13. The van der Waals surface area contributed by atoms with E-state index in [1.807, 2.05) is 12.2 Å². The van der Waals surface area contributed by atoms with Gasteiger partial charge in [-0.25, -0.2) is 0 Å². The van der Waals surface area contributed by atoms with Gasteiger partial charge in [0.15, 0.2) is 0 Å². The van der Waals surface area contributed by atoms with E-state index >= 15 is 0 Å². The van der Waals surface area contributed by atoms with Crippen LogP contribution in [0.1, 0.15) is 32.1 Å². The summed E-state index contributed by atoms with van der Waals surface area (Å²) in [4.78, 5) is 0. The van der Waals surface area contributed by atoms with E-state index < -0.39 is 6.69 Å². The zero-order chi connectivity index (χ0) is 10.9. The van der Waals surface area contributed by atoms with Crippen molar-refractivity contribution in [1.29, 1.82) is 0 Å². The van der Waals surface area contributed by atoms with E-state index in [2.05, 4.69) is 13.2 Å². The van der Waals surface area contributed by atoms with Crippen molar-refractivity contribution >= 4 is 28.9 Å². The van der Waals surface area contributed by atoms with Crippen LogP contribution >= 0.6 is 22.2 Å². The molecule has 0 atom stereocenters. The van der Waals surface area contributed by atoms with E-state index in [1.54, 1.807) is 0 Å². The predicted molar refractivity (Wildman–Crippen MR) is 70.6 cm³/mol. The Labute approximate surface area is 98.4 Å². The Morgan fingerprint density at radius 1 is 0.857 bits per heavy atom. The van der Waals surface area contributed by atoms with Gasteiger partial charge in [0.25, 0.3) is 6.69 Å².